The summed E-state index contributed by atoms with van der Waals surface area (Å²) < 4.78 is 5.37. The maximum Gasteiger partial charge on any atom is 0.259 e. The van der Waals surface area contributed by atoms with Gasteiger partial charge in [0.05, 0.1) is 24.1 Å². The molecule has 3 rings (SSSR count). The minimum Gasteiger partial charge on any atom is -0.380 e. The summed E-state index contributed by atoms with van der Waals surface area (Å²) in [5, 5.41) is 25.6. The van der Waals surface area contributed by atoms with Crippen molar-refractivity contribution in [3.8, 4) is 6.07 Å². The predicted molar refractivity (Wildman–Crippen MR) is 106 cm³/mol. The first-order valence-corrected chi connectivity index (χ1v) is 8.79. The number of hydrogen-bond acceptors (Lipinski definition) is 7. The molecule has 2 aromatic carbocycles. The molecule has 0 aromatic heterocycles. The van der Waals surface area contributed by atoms with Crippen LogP contribution < -0.4 is 16.1 Å². The van der Waals surface area contributed by atoms with Gasteiger partial charge in [-0.25, -0.2) is 0 Å². The summed E-state index contributed by atoms with van der Waals surface area (Å²) in [5.41, 5.74) is 1.90. The highest BCUT2D eigenvalue weighted by Gasteiger charge is 2.39. The van der Waals surface area contributed by atoms with Crippen molar-refractivity contribution in [2.24, 2.45) is 10.9 Å². The maximum atomic E-state index is 12.8. The number of nitrogens with zero attached hydrogens (tertiary/aromatic N) is 3. The average Bonchev–Trinajstić information content (AvgIpc) is 2.75. The summed E-state index contributed by atoms with van der Waals surface area (Å²) in [6, 6.07) is 15.2. The van der Waals surface area contributed by atoms with Crippen molar-refractivity contribution in [1.29, 1.82) is 5.26 Å². The number of hydrazone groups is 1. The number of amides is 2. The van der Waals surface area contributed by atoms with Crippen LogP contribution in [-0.2, 0) is 14.3 Å². The molecule has 1 aliphatic rings. The quantitative estimate of drug-likeness (QED) is 0.385. The Morgan fingerprint density at radius 3 is 2.76 bits per heavy atom. The Labute approximate surface area is 167 Å². The Morgan fingerprint density at radius 2 is 2.07 bits per heavy atom. The van der Waals surface area contributed by atoms with E-state index in [2.05, 4.69) is 10.4 Å². The largest absolute Gasteiger partial charge is 0.380 e. The Morgan fingerprint density at radius 1 is 1.34 bits per heavy atom. The van der Waals surface area contributed by atoms with Crippen molar-refractivity contribution in [1.82, 2.24) is 0 Å². The SMILES string of the molecule is N#Cc1ccccc1N1CCO[C@H]([C@@H](O)C(=O)Nc2ccc(C=NN)cc2)C1=O. The molecule has 29 heavy (non-hydrogen) atoms. The number of carbonyl (C=O) groups is 2. The second-order valence-corrected chi connectivity index (χ2v) is 6.24. The lowest BCUT2D eigenvalue weighted by atomic mass is 10.1. The fraction of sp³-hybridized carbons (Fsp3) is 0.200. The normalized spacial score (nSPS) is 17.7. The van der Waals surface area contributed by atoms with Crippen molar-refractivity contribution in [2.45, 2.75) is 12.2 Å². The van der Waals surface area contributed by atoms with E-state index >= 15 is 0 Å². The zero-order chi connectivity index (χ0) is 20.8. The van der Waals surface area contributed by atoms with E-state index in [0.717, 1.165) is 5.56 Å². The van der Waals surface area contributed by atoms with Gasteiger partial charge in [-0.3, -0.25) is 9.59 Å². The molecule has 1 aliphatic heterocycles. The minimum atomic E-state index is -1.72. The standard InChI is InChI=1S/C20H19N5O4/c21-11-14-3-1-2-4-16(14)25-9-10-29-18(20(25)28)17(26)19(27)24-15-7-5-13(6-8-15)12-23-22/h1-8,12,17-18,26H,9-10,22H2,(H,24,27)/t17-,18-/m1/s1. The zero-order valence-electron chi connectivity index (χ0n) is 15.4. The summed E-state index contributed by atoms with van der Waals surface area (Å²) in [6.07, 6.45) is -1.65. The predicted octanol–water partition coefficient (Wildman–Crippen LogP) is 0.582. The van der Waals surface area contributed by atoms with Gasteiger partial charge >= 0.3 is 0 Å². The first-order valence-electron chi connectivity index (χ1n) is 8.79. The lowest BCUT2D eigenvalue weighted by molar-refractivity contribution is -0.150. The number of morpholine rings is 1. The van der Waals surface area contributed by atoms with E-state index in [1.54, 1.807) is 48.5 Å². The number of rotatable bonds is 5. The first kappa shape index (κ1) is 20.0. The van der Waals surface area contributed by atoms with Crippen LogP contribution in [0.3, 0.4) is 0 Å². The van der Waals surface area contributed by atoms with Gasteiger partial charge in [-0.2, -0.15) is 10.4 Å². The highest BCUT2D eigenvalue weighted by atomic mass is 16.5. The van der Waals surface area contributed by atoms with Crippen LogP contribution in [0.1, 0.15) is 11.1 Å². The lowest BCUT2D eigenvalue weighted by Gasteiger charge is -2.34. The fourth-order valence-corrected chi connectivity index (χ4v) is 2.97. The number of nitrogens with two attached hydrogens (primary N) is 1. The molecule has 0 saturated carbocycles. The van der Waals surface area contributed by atoms with E-state index in [1.165, 1.54) is 11.1 Å². The van der Waals surface area contributed by atoms with Crippen LogP contribution in [-0.4, -0.2) is 48.5 Å². The van der Waals surface area contributed by atoms with Crippen LogP contribution in [0.2, 0.25) is 0 Å². The van der Waals surface area contributed by atoms with Crippen molar-refractivity contribution in [3.63, 3.8) is 0 Å². The van der Waals surface area contributed by atoms with Crippen molar-refractivity contribution in [2.75, 3.05) is 23.4 Å². The van der Waals surface area contributed by atoms with Crippen LogP contribution in [0.15, 0.2) is 53.6 Å². The third kappa shape index (κ3) is 4.40. The van der Waals surface area contributed by atoms with Crippen LogP contribution in [0.5, 0.6) is 0 Å². The molecular weight excluding hydrogens is 374 g/mol. The number of nitriles is 1. The summed E-state index contributed by atoms with van der Waals surface area (Å²) in [4.78, 5) is 26.6. The topological polar surface area (TPSA) is 141 Å². The summed E-state index contributed by atoms with van der Waals surface area (Å²) in [7, 11) is 0. The number of benzene rings is 2. The van der Waals surface area contributed by atoms with Gasteiger partial charge < -0.3 is 25.9 Å². The highest BCUT2D eigenvalue weighted by Crippen LogP contribution is 2.24. The molecule has 0 radical (unpaired) electrons. The van der Waals surface area contributed by atoms with Crippen molar-refractivity contribution < 1.29 is 19.4 Å². The van der Waals surface area contributed by atoms with Crippen LogP contribution >= 0.6 is 0 Å². The molecule has 1 saturated heterocycles. The second kappa shape index (κ2) is 8.97. The van der Waals surface area contributed by atoms with E-state index in [-0.39, 0.29) is 13.2 Å². The van der Waals surface area contributed by atoms with Crippen LogP contribution in [0.25, 0.3) is 0 Å². The number of nitrogens with one attached hydrogen (secondary N) is 1. The molecule has 9 heteroatoms. The molecule has 2 aromatic rings. The zero-order valence-corrected chi connectivity index (χ0v) is 15.4. The number of aliphatic hydroxyl groups excluding tert-OH is 1. The van der Waals surface area contributed by atoms with E-state index in [1.807, 2.05) is 6.07 Å². The molecule has 4 N–H and O–H groups in total. The summed E-state index contributed by atoms with van der Waals surface area (Å²) in [6.45, 7) is 0.333. The number of carbonyl (C=O) groups excluding carboxylic acids is 2. The van der Waals surface area contributed by atoms with Gasteiger partial charge in [-0.15, -0.1) is 0 Å². The van der Waals surface area contributed by atoms with Gasteiger partial charge in [0.15, 0.2) is 12.2 Å². The third-order valence-corrected chi connectivity index (χ3v) is 4.39. The number of hydrogen-bond donors (Lipinski definition) is 3. The Bertz CT molecular complexity index is 968. The number of aliphatic hydroxyl groups is 1. The maximum absolute atomic E-state index is 12.8. The van der Waals surface area contributed by atoms with Crippen molar-refractivity contribution in [3.05, 3.63) is 59.7 Å². The molecular formula is C20H19N5O4. The molecule has 1 heterocycles. The van der Waals surface area contributed by atoms with E-state index in [9.17, 15) is 20.0 Å². The first-order chi connectivity index (χ1) is 14.0. The van der Waals surface area contributed by atoms with E-state index < -0.39 is 24.0 Å². The van der Waals surface area contributed by atoms with Gasteiger partial charge in [0, 0.05) is 12.2 Å². The number of anilines is 2. The summed E-state index contributed by atoms with van der Waals surface area (Å²) in [5.74, 6) is 3.72. The van der Waals surface area contributed by atoms with E-state index in [4.69, 9.17) is 10.6 Å². The molecule has 9 nitrogen and oxygen atoms in total. The molecule has 0 spiro atoms. The minimum absolute atomic E-state index is 0.119. The van der Waals surface area contributed by atoms with Crippen LogP contribution in [0, 0.1) is 11.3 Å². The monoisotopic (exact) mass is 393 g/mol. The molecule has 0 unspecified atom stereocenters. The summed E-state index contributed by atoms with van der Waals surface area (Å²) >= 11 is 0. The fourth-order valence-electron chi connectivity index (χ4n) is 2.97. The molecule has 0 aliphatic carbocycles. The Hall–Kier alpha value is -3.74. The molecule has 0 bridgehead atoms. The van der Waals surface area contributed by atoms with Gasteiger partial charge in [-0.1, -0.05) is 24.3 Å². The van der Waals surface area contributed by atoms with Gasteiger partial charge in [0.2, 0.25) is 0 Å². The van der Waals surface area contributed by atoms with E-state index in [0.29, 0.717) is 16.9 Å². The average molecular weight is 393 g/mol. The Kier molecular flexibility index (Phi) is 6.19. The van der Waals surface area contributed by atoms with Gasteiger partial charge in [0.1, 0.15) is 6.07 Å². The second-order valence-electron chi connectivity index (χ2n) is 6.24. The Balaban J connectivity index is 1.72. The third-order valence-electron chi connectivity index (χ3n) is 4.39. The molecule has 1 fully saturated rings. The highest BCUT2D eigenvalue weighted by molar-refractivity contribution is 6.04. The number of para-hydroxylation sites is 1. The van der Waals surface area contributed by atoms with Gasteiger partial charge in [-0.05, 0) is 29.8 Å². The van der Waals surface area contributed by atoms with Gasteiger partial charge in [0.25, 0.3) is 11.8 Å². The lowest BCUT2D eigenvalue weighted by Crippen LogP contribution is -2.55. The molecule has 2 atom stereocenters. The number of ether oxygens (including phenoxy) is 1. The van der Waals surface area contributed by atoms with Crippen LogP contribution in [0.4, 0.5) is 11.4 Å². The smallest absolute Gasteiger partial charge is 0.259 e. The molecule has 148 valence electrons. The van der Waals surface area contributed by atoms with Crippen molar-refractivity contribution >= 4 is 29.4 Å². The molecule has 2 amide bonds.